The Kier molecular flexibility index (Phi) is 3.68. The largest absolute Gasteiger partial charge is 0.480 e. The van der Waals surface area contributed by atoms with Crippen molar-refractivity contribution in [3.63, 3.8) is 0 Å². The Balaban J connectivity index is 2.74. The minimum Gasteiger partial charge on any atom is -0.480 e. The van der Waals surface area contributed by atoms with Gasteiger partial charge in [0.2, 0.25) is 0 Å². The Morgan fingerprint density at radius 3 is 2.67 bits per heavy atom. The smallest absolute Gasteiger partial charge is 0.322 e. The number of benzene rings is 1. The van der Waals surface area contributed by atoms with Crippen LogP contribution < -0.4 is 11.1 Å². The molecule has 0 bridgehead atoms. The van der Waals surface area contributed by atoms with Crippen molar-refractivity contribution < 1.29 is 14.7 Å². The van der Waals surface area contributed by atoms with Crippen molar-refractivity contribution in [1.29, 1.82) is 0 Å². The first-order chi connectivity index (χ1) is 7.00. The zero-order valence-corrected chi connectivity index (χ0v) is 9.24. The van der Waals surface area contributed by atoms with Gasteiger partial charge in [-0.3, -0.25) is 9.59 Å². The van der Waals surface area contributed by atoms with Gasteiger partial charge in [-0.05, 0) is 34.1 Å². The van der Waals surface area contributed by atoms with Crippen LogP contribution in [0.15, 0.2) is 22.7 Å². The monoisotopic (exact) mass is 272 g/mol. The van der Waals surface area contributed by atoms with Gasteiger partial charge in [-0.2, -0.15) is 0 Å². The quantitative estimate of drug-likeness (QED) is 0.712. The summed E-state index contributed by atoms with van der Waals surface area (Å²) in [7, 11) is 0. The first kappa shape index (κ1) is 11.5. The minimum absolute atomic E-state index is 0.331. The summed E-state index contributed by atoms with van der Waals surface area (Å²) >= 11 is 3.19. The molecule has 0 spiro atoms. The van der Waals surface area contributed by atoms with Gasteiger partial charge >= 0.3 is 5.97 Å². The Labute approximate surface area is 94.4 Å². The van der Waals surface area contributed by atoms with Gasteiger partial charge in [-0.25, -0.2) is 0 Å². The van der Waals surface area contributed by atoms with Gasteiger partial charge in [0.1, 0.15) is 6.54 Å². The van der Waals surface area contributed by atoms with E-state index in [-0.39, 0.29) is 0 Å². The molecule has 0 aliphatic heterocycles. The van der Waals surface area contributed by atoms with E-state index in [1.165, 1.54) is 6.07 Å². The van der Waals surface area contributed by atoms with Crippen LogP contribution in [0.3, 0.4) is 0 Å². The van der Waals surface area contributed by atoms with Crippen LogP contribution in [-0.2, 0) is 4.79 Å². The van der Waals surface area contributed by atoms with E-state index in [1.807, 2.05) is 0 Å². The van der Waals surface area contributed by atoms with E-state index in [0.29, 0.717) is 15.7 Å². The molecule has 80 valence electrons. The van der Waals surface area contributed by atoms with E-state index < -0.39 is 18.4 Å². The van der Waals surface area contributed by atoms with Gasteiger partial charge in [0.15, 0.2) is 0 Å². The molecule has 0 radical (unpaired) electrons. The third-order valence-electron chi connectivity index (χ3n) is 1.66. The van der Waals surface area contributed by atoms with Crippen LogP contribution in [0.2, 0.25) is 0 Å². The zero-order chi connectivity index (χ0) is 11.4. The summed E-state index contributed by atoms with van der Waals surface area (Å²) in [5.74, 6) is -1.55. The molecule has 0 fully saturated rings. The van der Waals surface area contributed by atoms with E-state index >= 15 is 0 Å². The molecular formula is C9H9BrN2O3. The molecule has 1 rings (SSSR count). The number of carbonyl (C=O) groups is 2. The third kappa shape index (κ3) is 3.25. The number of nitrogen functional groups attached to an aromatic ring is 1. The van der Waals surface area contributed by atoms with E-state index in [1.54, 1.807) is 12.1 Å². The molecule has 6 heteroatoms. The second-order valence-corrected chi connectivity index (χ2v) is 3.67. The molecule has 1 amide bonds. The maximum Gasteiger partial charge on any atom is 0.322 e. The number of rotatable bonds is 3. The second-order valence-electron chi connectivity index (χ2n) is 2.81. The number of carboxylic acid groups (broad SMARTS) is 1. The highest BCUT2D eigenvalue weighted by Gasteiger charge is 2.08. The lowest BCUT2D eigenvalue weighted by atomic mass is 10.2. The van der Waals surface area contributed by atoms with E-state index in [0.717, 1.165) is 0 Å². The number of nitrogens with two attached hydrogens (primary N) is 1. The van der Waals surface area contributed by atoms with Gasteiger partial charge in [-0.1, -0.05) is 0 Å². The molecule has 4 N–H and O–H groups in total. The average Bonchev–Trinajstić information content (AvgIpc) is 2.18. The van der Waals surface area contributed by atoms with Crippen molar-refractivity contribution in [3.8, 4) is 0 Å². The normalized spacial score (nSPS) is 9.67. The lowest BCUT2D eigenvalue weighted by molar-refractivity contribution is -0.135. The molecule has 0 aliphatic rings. The Hall–Kier alpha value is -1.56. The fraction of sp³-hybridized carbons (Fsp3) is 0.111. The summed E-state index contributed by atoms with van der Waals surface area (Å²) in [6, 6.07) is 4.66. The van der Waals surface area contributed by atoms with E-state index in [9.17, 15) is 9.59 Å². The zero-order valence-electron chi connectivity index (χ0n) is 7.66. The van der Waals surface area contributed by atoms with Gasteiger partial charge in [-0.15, -0.1) is 0 Å². The molecule has 1 aromatic rings. The summed E-state index contributed by atoms with van der Waals surface area (Å²) in [6.07, 6.45) is 0. The third-order valence-corrected chi connectivity index (χ3v) is 2.38. The summed E-state index contributed by atoms with van der Waals surface area (Å²) in [5, 5.41) is 10.6. The summed E-state index contributed by atoms with van der Waals surface area (Å²) in [5.41, 5.74) is 6.33. The molecule has 0 saturated heterocycles. The van der Waals surface area contributed by atoms with Gasteiger partial charge in [0, 0.05) is 15.7 Å². The predicted octanol–water partition coefficient (Wildman–Crippen LogP) is 0.846. The van der Waals surface area contributed by atoms with Crippen molar-refractivity contribution in [2.75, 3.05) is 12.3 Å². The van der Waals surface area contributed by atoms with E-state index in [4.69, 9.17) is 10.8 Å². The van der Waals surface area contributed by atoms with Gasteiger partial charge in [0.25, 0.3) is 5.91 Å². The number of carbonyl (C=O) groups excluding carboxylic acids is 1. The molecule has 5 nitrogen and oxygen atoms in total. The number of anilines is 1. The second kappa shape index (κ2) is 4.79. The summed E-state index contributed by atoms with van der Waals surface area (Å²) in [4.78, 5) is 21.6. The van der Waals surface area contributed by atoms with Crippen molar-refractivity contribution in [2.24, 2.45) is 0 Å². The van der Waals surface area contributed by atoms with E-state index in [2.05, 4.69) is 21.2 Å². The molecule has 0 aliphatic carbocycles. The predicted molar refractivity (Wildman–Crippen MR) is 58.5 cm³/mol. The molecule has 0 aromatic heterocycles. The number of hydrogen-bond acceptors (Lipinski definition) is 3. The lowest BCUT2D eigenvalue weighted by Gasteiger charge is -2.04. The molecule has 1 aromatic carbocycles. The molecular weight excluding hydrogens is 264 g/mol. The molecule has 0 atom stereocenters. The number of aliphatic carboxylic acids is 1. The summed E-state index contributed by atoms with van der Waals surface area (Å²) in [6.45, 7) is -0.408. The Bertz CT molecular complexity index is 406. The lowest BCUT2D eigenvalue weighted by Crippen LogP contribution is -2.29. The Morgan fingerprint density at radius 2 is 2.13 bits per heavy atom. The number of carboxylic acids is 1. The van der Waals surface area contributed by atoms with Crippen LogP contribution in [0.5, 0.6) is 0 Å². The standard InChI is InChI=1S/C9H9BrN2O3/c10-6-2-1-5(3-7(6)11)9(15)12-4-8(13)14/h1-3H,4,11H2,(H,12,15)(H,13,14). The fourth-order valence-corrected chi connectivity index (χ4v) is 1.19. The van der Waals surface area contributed by atoms with Crippen molar-refractivity contribution >= 4 is 33.5 Å². The Morgan fingerprint density at radius 1 is 1.47 bits per heavy atom. The van der Waals surface area contributed by atoms with Crippen LogP contribution in [0.1, 0.15) is 10.4 Å². The number of halogens is 1. The minimum atomic E-state index is -1.09. The number of nitrogens with one attached hydrogen (secondary N) is 1. The van der Waals surface area contributed by atoms with Crippen LogP contribution in [0, 0.1) is 0 Å². The highest BCUT2D eigenvalue weighted by molar-refractivity contribution is 9.10. The maximum atomic E-state index is 11.4. The van der Waals surface area contributed by atoms with Gasteiger partial charge in [0.05, 0.1) is 0 Å². The fourth-order valence-electron chi connectivity index (χ4n) is 0.943. The average molecular weight is 273 g/mol. The molecule has 15 heavy (non-hydrogen) atoms. The van der Waals surface area contributed by atoms with Crippen molar-refractivity contribution in [2.45, 2.75) is 0 Å². The van der Waals surface area contributed by atoms with Crippen molar-refractivity contribution in [1.82, 2.24) is 5.32 Å². The van der Waals surface area contributed by atoms with Crippen LogP contribution >= 0.6 is 15.9 Å². The van der Waals surface area contributed by atoms with Gasteiger partial charge < -0.3 is 16.2 Å². The first-order valence-electron chi connectivity index (χ1n) is 4.05. The highest BCUT2D eigenvalue weighted by atomic mass is 79.9. The topological polar surface area (TPSA) is 92.4 Å². The summed E-state index contributed by atoms with van der Waals surface area (Å²) < 4.78 is 0.692. The maximum absolute atomic E-state index is 11.4. The number of amides is 1. The molecule has 0 heterocycles. The van der Waals surface area contributed by atoms with Crippen molar-refractivity contribution in [3.05, 3.63) is 28.2 Å². The number of hydrogen-bond donors (Lipinski definition) is 3. The van der Waals surface area contributed by atoms with Crippen LogP contribution in [0.4, 0.5) is 5.69 Å². The SMILES string of the molecule is Nc1cc(C(=O)NCC(=O)O)ccc1Br. The van der Waals surface area contributed by atoms with Crippen LogP contribution in [-0.4, -0.2) is 23.5 Å². The molecule has 0 unspecified atom stereocenters. The molecule has 0 saturated carbocycles. The van der Waals surface area contributed by atoms with Crippen LogP contribution in [0.25, 0.3) is 0 Å². The first-order valence-corrected chi connectivity index (χ1v) is 4.85. The highest BCUT2D eigenvalue weighted by Crippen LogP contribution is 2.19.